The molecule has 0 saturated carbocycles. The number of aliphatic hydroxyl groups is 1. The third-order valence-electron chi connectivity index (χ3n) is 8.02. The highest BCUT2D eigenvalue weighted by Gasteiger charge is 2.35. The Morgan fingerprint density at radius 1 is 0.778 bits per heavy atom. The smallest absolute Gasteiger partial charge is 0.425 e. The van der Waals surface area contributed by atoms with E-state index in [4.69, 9.17) is 33.0 Å². The zero-order valence-electron chi connectivity index (χ0n) is 30.2. The molecule has 0 saturated heterocycles. The predicted octanol–water partition coefficient (Wildman–Crippen LogP) is -4.79. The first-order valence-electron chi connectivity index (χ1n) is 16.9. The van der Waals surface area contributed by atoms with Crippen LogP contribution in [0.5, 0.6) is 0 Å². The lowest BCUT2D eigenvalue weighted by molar-refractivity contribution is -0.144. The van der Waals surface area contributed by atoms with Crippen molar-refractivity contribution >= 4 is 48.5 Å². The fourth-order valence-electron chi connectivity index (χ4n) is 4.94. The molecular weight excluding hydrogens is 707 g/mol. The van der Waals surface area contributed by atoms with Gasteiger partial charge in [-0.1, -0.05) is 49.7 Å². The van der Waals surface area contributed by atoms with E-state index in [-0.39, 0.29) is 5.56 Å². The Morgan fingerprint density at radius 3 is 1.85 bits per heavy atom. The summed E-state index contributed by atoms with van der Waals surface area (Å²) >= 11 is 0. The summed E-state index contributed by atoms with van der Waals surface area (Å²) in [6.45, 7) is 2.57. The van der Waals surface area contributed by atoms with Crippen molar-refractivity contribution in [3.05, 3.63) is 59.7 Å². The molecule has 2 rings (SSSR count). The average Bonchev–Trinajstić information content (AvgIpc) is 3.12. The summed E-state index contributed by atoms with van der Waals surface area (Å²) < 4.78 is 0. The minimum absolute atomic E-state index is 0.229. The molecule has 0 aliphatic rings. The van der Waals surface area contributed by atoms with Gasteiger partial charge in [-0.15, -0.1) is 0 Å². The van der Waals surface area contributed by atoms with Crippen LogP contribution in [0.25, 0.3) is 11.1 Å². The summed E-state index contributed by atoms with van der Waals surface area (Å²) in [6, 6.07) is 9.76. The van der Waals surface area contributed by atoms with Gasteiger partial charge in [0.1, 0.15) is 18.1 Å². The maximum Gasteiger partial charge on any atom is 0.490 e. The first-order valence-corrected chi connectivity index (χ1v) is 16.9. The fourth-order valence-corrected chi connectivity index (χ4v) is 4.94. The monoisotopic (exact) mass is 756 g/mol. The molecule has 7 amide bonds. The topological polar surface area (TPSA) is 348 Å². The van der Waals surface area contributed by atoms with Crippen LogP contribution in [-0.4, -0.2) is 119 Å². The Kier molecular flexibility index (Phi) is 17.6. The van der Waals surface area contributed by atoms with Crippen molar-refractivity contribution in [2.24, 2.45) is 22.9 Å². The Morgan fingerprint density at radius 2 is 1.33 bits per heavy atom. The second-order valence-corrected chi connectivity index (χ2v) is 12.4. The molecule has 54 heavy (non-hydrogen) atoms. The van der Waals surface area contributed by atoms with Gasteiger partial charge in [-0.25, -0.2) is 0 Å². The van der Waals surface area contributed by atoms with E-state index in [1.165, 1.54) is 5.56 Å². The Balaban J connectivity index is 1.94. The molecule has 6 atom stereocenters. The molecule has 20 nitrogen and oxygen atoms in total. The first-order chi connectivity index (χ1) is 25.4. The maximum absolute atomic E-state index is 13.0. The summed E-state index contributed by atoms with van der Waals surface area (Å²) in [5.74, 6) is -7.00. The highest BCUT2D eigenvalue weighted by Crippen LogP contribution is 2.21. The third kappa shape index (κ3) is 13.8. The number of primary amides is 1. The van der Waals surface area contributed by atoms with E-state index < -0.39 is 98.0 Å². The van der Waals surface area contributed by atoms with Crippen molar-refractivity contribution < 1.29 is 48.7 Å². The van der Waals surface area contributed by atoms with Gasteiger partial charge in [-0.2, -0.15) is 0 Å². The van der Waals surface area contributed by atoms with E-state index in [0.29, 0.717) is 0 Å². The average molecular weight is 757 g/mol. The highest BCUT2D eigenvalue weighted by atomic mass is 16.4. The lowest BCUT2D eigenvalue weighted by Gasteiger charge is -2.30. The van der Waals surface area contributed by atoms with Crippen molar-refractivity contribution in [2.75, 3.05) is 13.6 Å². The normalized spacial score (nSPS) is 14.2. The Labute approximate surface area is 311 Å². The summed E-state index contributed by atoms with van der Waals surface area (Å²) in [4.78, 5) is 88.5. The quantitative estimate of drug-likeness (QED) is 0.0446. The lowest BCUT2D eigenvalue weighted by Crippen LogP contribution is -2.63. The van der Waals surface area contributed by atoms with Gasteiger partial charge in [0.05, 0.1) is 19.1 Å². The number of aliphatic hydroxyl groups excluding tert-OH is 1. The largest absolute Gasteiger partial charge is 0.490 e. The maximum atomic E-state index is 13.0. The van der Waals surface area contributed by atoms with Gasteiger partial charge >= 0.3 is 7.12 Å². The lowest BCUT2D eigenvalue weighted by atomic mass is 9.86. The van der Waals surface area contributed by atoms with E-state index in [9.17, 15) is 38.7 Å². The van der Waals surface area contributed by atoms with E-state index in [1.807, 2.05) is 17.4 Å². The van der Waals surface area contributed by atoms with Crippen LogP contribution in [-0.2, 0) is 35.2 Å². The number of nitrogens with two attached hydrogens (primary N) is 4. The van der Waals surface area contributed by atoms with Crippen LogP contribution in [0, 0.1) is 0 Å². The van der Waals surface area contributed by atoms with E-state index >= 15 is 0 Å². The van der Waals surface area contributed by atoms with E-state index in [0.717, 1.165) is 49.3 Å². The zero-order chi connectivity index (χ0) is 40.7. The molecule has 0 heterocycles. The number of carbonyl (C=O) groups excluding carboxylic acids is 7. The number of amides is 7. The van der Waals surface area contributed by atoms with Crippen molar-refractivity contribution in [2.45, 2.75) is 76.1 Å². The van der Waals surface area contributed by atoms with Crippen LogP contribution in [0.15, 0.2) is 48.5 Å². The number of likely N-dealkylation sites (N-methyl/N-ethyl adjacent to an activating group) is 1. The Bertz CT molecular complexity index is 1630. The number of rotatable bonds is 20. The summed E-state index contributed by atoms with van der Waals surface area (Å²) in [6.07, 6.45) is -2.56. The van der Waals surface area contributed by atoms with E-state index in [1.54, 1.807) is 24.3 Å². The molecule has 0 aliphatic heterocycles. The van der Waals surface area contributed by atoms with Gasteiger partial charge in [0.25, 0.3) is 17.7 Å². The molecule has 0 bridgehead atoms. The molecular formula is C33H49BN10O10. The van der Waals surface area contributed by atoms with Crippen molar-refractivity contribution in [1.82, 2.24) is 31.5 Å². The third-order valence-corrected chi connectivity index (χ3v) is 8.02. The van der Waals surface area contributed by atoms with Gasteiger partial charge in [0.2, 0.25) is 23.6 Å². The molecule has 0 spiro atoms. The van der Waals surface area contributed by atoms with Crippen LogP contribution in [0.2, 0.25) is 0 Å². The molecule has 2 aromatic rings. The summed E-state index contributed by atoms with van der Waals surface area (Å²) in [7, 11) is -1.06. The molecule has 0 fully saturated rings. The number of carbonyl (C=O) groups is 7. The summed E-state index contributed by atoms with van der Waals surface area (Å²) in [5, 5.41) is 39.1. The van der Waals surface area contributed by atoms with Crippen LogP contribution in [0.1, 0.15) is 49.0 Å². The predicted molar refractivity (Wildman–Crippen MR) is 195 cm³/mol. The number of hydrogen-bond donors (Lipinski definition) is 12. The standard InChI is InChI=1S/C33H49BN10O10/c1-4-5-6-18-7-9-19(10-8-18)20-11-13-21(14-12-20)28(48)41-26(36)31(51)39-16-24(47)44(3)25(17(2)45)30(50)42-27(37)32(52)40-22(15-23(35)46)29(49)43-33(38)34(53)54/h7-14,17,22,25-27,33,45,53-54H,4-6,15-16,36-38H2,1-3H3,(H2,35,46)(H,39,51)(H,40,52)(H,41,48)(H,42,50)(H,43,49)/t17?,22-,25-,26-,27+,33+/m0/s1. The van der Waals surface area contributed by atoms with E-state index in [2.05, 4.69) is 40.3 Å². The second kappa shape index (κ2) is 21.3. The molecule has 0 aliphatic carbocycles. The van der Waals surface area contributed by atoms with Crippen LogP contribution >= 0.6 is 0 Å². The van der Waals surface area contributed by atoms with Gasteiger partial charge in [0, 0.05) is 12.6 Å². The minimum atomic E-state index is -2.18. The molecule has 21 heteroatoms. The molecule has 2 aromatic carbocycles. The number of unbranched alkanes of at least 4 members (excludes halogenated alkanes) is 1. The fraction of sp³-hybridized carbons (Fsp3) is 0.424. The molecule has 16 N–H and O–H groups in total. The highest BCUT2D eigenvalue weighted by molar-refractivity contribution is 6.43. The van der Waals surface area contributed by atoms with Gasteiger partial charge in [-0.3, -0.25) is 33.6 Å². The van der Waals surface area contributed by atoms with Crippen molar-refractivity contribution in [1.29, 1.82) is 0 Å². The van der Waals surface area contributed by atoms with Crippen LogP contribution in [0.4, 0.5) is 0 Å². The number of aryl methyl sites for hydroxylation is 1. The van der Waals surface area contributed by atoms with Crippen LogP contribution in [0.3, 0.4) is 0 Å². The van der Waals surface area contributed by atoms with Gasteiger partial charge < -0.3 is 69.6 Å². The first kappa shape index (κ1) is 44.7. The molecule has 1 unspecified atom stereocenters. The molecule has 0 aromatic heterocycles. The SMILES string of the molecule is CCCCc1ccc(-c2ccc(C(=O)N[C@H](N)C(=O)NCC(=O)N(C)[C@H](C(=O)N[C@@H](N)C(=O)N[C@@H](CC(N)=O)C(=O)N[C@@H](N)B(O)O)C(C)O)cc2)cc1. The number of hydrogen-bond acceptors (Lipinski definition) is 13. The molecule has 294 valence electrons. The summed E-state index contributed by atoms with van der Waals surface area (Å²) in [5.41, 5.74) is 25.3. The van der Waals surface area contributed by atoms with Gasteiger partial charge in [0.15, 0.2) is 12.3 Å². The van der Waals surface area contributed by atoms with Crippen LogP contribution < -0.4 is 49.5 Å². The number of nitrogens with one attached hydrogen (secondary N) is 5. The Hall–Kier alpha value is -5.45. The number of benzene rings is 2. The zero-order valence-corrected chi connectivity index (χ0v) is 30.2. The number of nitrogens with zero attached hydrogens (tertiary/aromatic N) is 1. The van der Waals surface area contributed by atoms with Crippen molar-refractivity contribution in [3.8, 4) is 11.1 Å². The second-order valence-electron chi connectivity index (χ2n) is 12.4. The van der Waals surface area contributed by atoms with Crippen molar-refractivity contribution in [3.63, 3.8) is 0 Å². The van der Waals surface area contributed by atoms with Gasteiger partial charge in [-0.05, 0) is 48.6 Å². The minimum Gasteiger partial charge on any atom is -0.425 e. The molecule has 0 radical (unpaired) electrons.